The molecule has 0 heterocycles. The molecule has 1 amide bonds. The molecule has 1 aliphatic carbocycles. The van der Waals surface area contributed by atoms with Gasteiger partial charge in [-0.2, -0.15) is 0 Å². The van der Waals surface area contributed by atoms with E-state index in [2.05, 4.69) is 10.6 Å². The van der Waals surface area contributed by atoms with Gasteiger partial charge in [-0.3, -0.25) is 4.79 Å². The summed E-state index contributed by atoms with van der Waals surface area (Å²) >= 11 is 6.48. The lowest BCUT2D eigenvalue weighted by molar-refractivity contribution is -0.139. The third kappa shape index (κ3) is 4.80. The molecule has 1 fully saturated rings. The lowest BCUT2D eigenvalue weighted by atomic mass is 9.86. The Kier molecular flexibility index (Phi) is 6.60. The first kappa shape index (κ1) is 20.9. The quantitative estimate of drug-likeness (QED) is 0.549. The van der Waals surface area contributed by atoms with E-state index in [-0.39, 0.29) is 0 Å². The number of rotatable bonds is 8. The maximum absolute atomic E-state index is 12.0. The van der Waals surface area contributed by atoms with Crippen LogP contribution in [0.3, 0.4) is 0 Å². The van der Waals surface area contributed by atoms with Gasteiger partial charge >= 0.3 is 5.97 Å². The largest absolute Gasteiger partial charge is 0.480 e. The van der Waals surface area contributed by atoms with Gasteiger partial charge in [0.05, 0.1) is 5.02 Å². The second-order valence-corrected chi connectivity index (χ2v) is 7.82. The highest BCUT2D eigenvalue weighted by molar-refractivity contribution is 6.32. The number of carboxylic acid groups (broad SMARTS) is 1. The monoisotopic (exact) mass is 412 g/mol. The Balaban J connectivity index is 1.90. The minimum absolute atomic E-state index is 0.317. The van der Waals surface area contributed by atoms with Crippen molar-refractivity contribution in [3.05, 3.63) is 69.2 Å². The third-order valence-corrected chi connectivity index (χ3v) is 5.66. The van der Waals surface area contributed by atoms with E-state index in [1.54, 1.807) is 6.07 Å². The summed E-state index contributed by atoms with van der Waals surface area (Å²) in [6.45, 7) is 3.87. The van der Waals surface area contributed by atoms with E-state index < -0.39 is 12.0 Å². The van der Waals surface area contributed by atoms with Gasteiger partial charge in [-0.15, -0.1) is 0 Å². The lowest BCUT2D eigenvalue weighted by Gasteiger charge is -2.28. The maximum atomic E-state index is 12.0. The smallest absolute Gasteiger partial charge is 0.326 e. The molecule has 0 radical (unpaired) electrons. The zero-order valence-corrected chi connectivity index (χ0v) is 17.3. The Morgan fingerprint density at radius 3 is 2.52 bits per heavy atom. The summed E-state index contributed by atoms with van der Waals surface area (Å²) in [7, 11) is 0. The number of carbonyl (C=O) groups is 2. The minimum Gasteiger partial charge on any atom is -0.480 e. The molecule has 0 aliphatic heterocycles. The second-order valence-electron chi connectivity index (χ2n) is 7.41. The van der Waals surface area contributed by atoms with E-state index in [1.165, 1.54) is 5.57 Å². The van der Waals surface area contributed by atoms with Crippen molar-refractivity contribution in [1.82, 2.24) is 5.32 Å². The fourth-order valence-electron chi connectivity index (χ4n) is 3.59. The molecule has 1 aliphatic rings. The van der Waals surface area contributed by atoms with Crippen molar-refractivity contribution in [3.63, 3.8) is 0 Å². The molecule has 152 valence electrons. The Hall–Kier alpha value is -2.79. The summed E-state index contributed by atoms with van der Waals surface area (Å²) in [6.07, 6.45) is 3.95. The number of hydrogen-bond acceptors (Lipinski definition) is 3. The maximum Gasteiger partial charge on any atom is 0.326 e. The number of halogens is 1. The first-order valence-corrected chi connectivity index (χ1v) is 10.0. The molecule has 1 unspecified atom stereocenters. The third-order valence-electron chi connectivity index (χ3n) is 5.34. The van der Waals surface area contributed by atoms with Crippen LogP contribution in [0.25, 0.3) is 5.70 Å². The molecular weight excluding hydrogens is 388 g/mol. The minimum atomic E-state index is -0.917. The Morgan fingerprint density at radius 1 is 1.21 bits per heavy atom. The topological polar surface area (TPSA) is 78.4 Å². The molecule has 0 bridgehead atoms. The number of carboxylic acids is 1. The number of nitrogens with one attached hydrogen (secondary N) is 2. The highest BCUT2D eigenvalue weighted by atomic mass is 35.5. The van der Waals surface area contributed by atoms with E-state index in [1.807, 2.05) is 44.2 Å². The summed E-state index contributed by atoms with van der Waals surface area (Å²) in [4.78, 5) is 22.7. The molecule has 29 heavy (non-hydrogen) atoms. The molecule has 0 aromatic heterocycles. The average molecular weight is 413 g/mol. The van der Waals surface area contributed by atoms with E-state index >= 15 is 0 Å². The first-order chi connectivity index (χ1) is 13.9. The van der Waals surface area contributed by atoms with Crippen LogP contribution < -0.4 is 10.6 Å². The summed E-state index contributed by atoms with van der Waals surface area (Å²) < 4.78 is 0. The number of aryl methyl sites for hydroxylation is 2. The van der Waals surface area contributed by atoms with Gasteiger partial charge in [-0.25, -0.2) is 4.79 Å². The molecule has 0 spiro atoms. The molecule has 2 aromatic carbocycles. The molecule has 0 saturated heterocycles. The van der Waals surface area contributed by atoms with Crippen LogP contribution in [-0.4, -0.2) is 23.5 Å². The fourth-order valence-corrected chi connectivity index (χ4v) is 3.91. The van der Waals surface area contributed by atoms with Crippen molar-refractivity contribution in [1.29, 1.82) is 0 Å². The van der Waals surface area contributed by atoms with E-state index in [9.17, 15) is 14.7 Å². The zero-order chi connectivity index (χ0) is 21.0. The number of anilines is 1. The van der Waals surface area contributed by atoms with Gasteiger partial charge in [0.25, 0.3) is 0 Å². The van der Waals surface area contributed by atoms with Crippen LogP contribution in [0.1, 0.15) is 41.5 Å². The Morgan fingerprint density at radius 2 is 1.97 bits per heavy atom. The standard InChI is InChI=1S/C23H25ClN2O3/c1-14-5-3-8-18(24)21(14)22(17-6-4-7-17)26-20(23(28)29)12-16-9-10-19(25-13-27)15(2)11-16/h3,5,8-11,13,20,26H,4,6-7,12H2,1-2H3,(H,25,27)(H,28,29). The van der Waals surface area contributed by atoms with E-state index in [0.29, 0.717) is 23.5 Å². The molecule has 1 atom stereocenters. The fraction of sp³-hybridized carbons (Fsp3) is 0.304. The zero-order valence-electron chi connectivity index (χ0n) is 16.6. The van der Waals surface area contributed by atoms with Gasteiger partial charge in [0.1, 0.15) is 6.04 Å². The second kappa shape index (κ2) is 9.14. The summed E-state index contributed by atoms with van der Waals surface area (Å²) in [5.74, 6) is -0.917. The molecule has 3 rings (SSSR count). The predicted molar refractivity (Wildman–Crippen MR) is 116 cm³/mol. The summed E-state index contributed by atoms with van der Waals surface area (Å²) in [6, 6.07) is 10.5. The van der Waals surface area contributed by atoms with Crippen molar-refractivity contribution in [2.45, 2.75) is 45.6 Å². The SMILES string of the molecule is Cc1cc(CC(NC(=C2CCC2)c2c(C)cccc2Cl)C(=O)O)ccc1NC=O. The van der Waals surface area contributed by atoms with Crippen LogP contribution >= 0.6 is 11.6 Å². The van der Waals surface area contributed by atoms with Crippen molar-refractivity contribution in [2.24, 2.45) is 0 Å². The molecule has 5 nitrogen and oxygen atoms in total. The van der Waals surface area contributed by atoms with Crippen LogP contribution in [0.2, 0.25) is 5.02 Å². The molecule has 1 saturated carbocycles. The normalized spacial score (nSPS) is 14.0. The van der Waals surface area contributed by atoms with Gasteiger partial charge < -0.3 is 15.7 Å². The van der Waals surface area contributed by atoms with Crippen molar-refractivity contribution >= 4 is 35.4 Å². The highest BCUT2D eigenvalue weighted by Crippen LogP contribution is 2.36. The first-order valence-electron chi connectivity index (χ1n) is 9.67. The van der Waals surface area contributed by atoms with Crippen LogP contribution in [0, 0.1) is 13.8 Å². The Bertz CT molecular complexity index is 942. The molecular formula is C23H25ClN2O3. The van der Waals surface area contributed by atoms with Gasteiger partial charge in [-0.05, 0) is 67.5 Å². The van der Waals surface area contributed by atoms with E-state index in [0.717, 1.165) is 47.2 Å². The highest BCUT2D eigenvalue weighted by Gasteiger charge is 2.25. The molecule has 3 N–H and O–H groups in total. The van der Waals surface area contributed by atoms with Gasteiger partial charge in [0.15, 0.2) is 0 Å². The lowest BCUT2D eigenvalue weighted by Crippen LogP contribution is -2.38. The van der Waals surface area contributed by atoms with E-state index in [4.69, 9.17) is 11.6 Å². The molecule has 2 aromatic rings. The van der Waals surface area contributed by atoms with Crippen molar-refractivity contribution < 1.29 is 14.7 Å². The van der Waals surface area contributed by atoms with Crippen LogP contribution in [0.5, 0.6) is 0 Å². The van der Waals surface area contributed by atoms with Crippen LogP contribution in [0.4, 0.5) is 5.69 Å². The number of aliphatic carboxylic acids is 1. The summed E-state index contributed by atoms with van der Waals surface area (Å²) in [5.41, 5.74) is 6.45. The number of hydrogen-bond donors (Lipinski definition) is 3. The average Bonchev–Trinajstić information content (AvgIpc) is 2.61. The van der Waals surface area contributed by atoms with Crippen molar-refractivity contribution in [3.8, 4) is 0 Å². The number of benzene rings is 2. The van der Waals surface area contributed by atoms with Gasteiger partial charge in [-0.1, -0.05) is 35.9 Å². The number of carbonyl (C=O) groups excluding carboxylic acids is 1. The van der Waals surface area contributed by atoms with Gasteiger partial charge in [0, 0.05) is 23.4 Å². The van der Waals surface area contributed by atoms with Gasteiger partial charge in [0.2, 0.25) is 6.41 Å². The predicted octanol–water partition coefficient (Wildman–Crippen LogP) is 4.71. The summed E-state index contributed by atoms with van der Waals surface area (Å²) in [5, 5.41) is 16.4. The molecule has 6 heteroatoms. The van der Waals surface area contributed by atoms with Crippen molar-refractivity contribution in [2.75, 3.05) is 5.32 Å². The van der Waals surface area contributed by atoms with Crippen LogP contribution in [0.15, 0.2) is 42.0 Å². The number of amides is 1. The van der Waals surface area contributed by atoms with Crippen LogP contribution in [-0.2, 0) is 16.0 Å². The number of allylic oxidation sites excluding steroid dienone is 1. The Labute approximate surface area is 175 Å².